The maximum atomic E-state index is 8.70. The second kappa shape index (κ2) is 4.44. The van der Waals surface area contributed by atoms with Crippen LogP contribution in [-0.2, 0) is 0 Å². The van der Waals surface area contributed by atoms with Gasteiger partial charge in [0.25, 0.3) is 0 Å². The molecule has 0 aliphatic rings. The molecule has 0 aliphatic heterocycles. The maximum Gasteiger partial charge on any atom is 0.102 e. The third kappa shape index (κ3) is 3.70. The summed E-state index contributed by atoms with van der Waals surface area (Å²) in [7, 11) is 2.04. The van der Waals surface area contributed by atoms with Crippen LogP contribution in [0.2, 0.25) is 0 Å². The van der Waals surface area contributed by atoms with Crippen molar-refractivity contribution >= 4 is 0 Å². The third-order valence-corrected chi connectivity index (χ3v) is 2.23. The number of hydrogen-bond acceptors (Lipinski definition) is 3. The van der Waals surface area contributed by atoms with E-state index >= 15 is 0 Å². The minimum absolute atomic E-state index is 0.365. The molecule has 3 heteroatoms. The van der Waals surface area contributed by atoms with E-state index in [0.29, 0.717) is 12.5 Å². The van der Waals surface area contributed by atoms with E-state index in [1.807, 2.05) is 7.05 Å². The van der Waals surface area contributed by atoms with Gasteiger partial charge in [-0.1, -0.05) is 6.92 Å². The molecule has 0 saturated heterocycles. The van der Waals surface area contributed by atoms with Gasteiger partial charge in [0.2, 0.25) is 0 Å². The van der Waals surface area contributed by atoms with Gasteiger partial charge in [0.15, 0.2) is 0 Å². The van der Waals surface area contributed by atoms with Crippen molar-refractivity contribution in [3.63, 3.8) is 0 Å². The van der Waals surface area contributed by atoms with E-state index in [1.165, 1.54) is 0 Å². The van der Waals surface area contributed by atoms with Crippen molar-refractivity contribution in [3.05, 3.63) is 0 Å². The summed E-state index contributed by atoms with van der Waals surface area (Å²) >= 11 is 0. The summed E-state index contributed by atoms with van der Waals surface area (Å²) in [4.78, 5) is 2.18. The van der Waals surface area contributed by atoms with E-state index < -0.39 is 5.54 Å². The second-order valence-electron chi connectivity index (χ2n) is 3.66. The molecule has 0 amide bonds. The highest BCUT2D eigenvalue weighted by Crippen LogP contribution is 2.11. The van der Waals surface area contributed by atoms with Crippen LogP contribution in [0.15, 0.2) is 0 Å². The highest BCUT2D eigenvalue weighted by molar-refractivity contribution is 5.02. The van der Waals surface area contributed by atoms with Crippen LogP contribution >= 0.6 is 0 Å². The Hall–Kier alpha value is -0.590. The van der Waals surface area contributed by atoms with Gasteiger partial charge in [-0.3, -0.25) is 0 Å². The van der Waals surface area contributed by atoms with Crippen LogP contribution in [0.3, 0.4) is 0 Å². The van der Waals surface area contributed by atoms with Crippen molar-refractivity contribution in [1.82, 2.24) is 4.90 Å². The standard InChI is InChI=1S/C9H19N3/c1-5-12(4)8(2)6-9(3,11)7-10/h8H,5-6,11H2,1-4H3. The highest BCUT2D eigenvalue weighted by atomic mass is 15.1. The Morgan fingerprint density at radius 3 is 2.50 bits per heavy atom. The van der Waals surface area contributed by atoms with Crippen molar-refractivity contribution < 1.29 is 0 Å². The number of hydrogen-bond donors (Lipinski definition) is 1. The van der Waals surface area contributed by atoms with Gasteiger partial charge in [-0.2, -0.15) is 5.26 Å². The number of nitriles is 1. The number of rotatable bonds is 4. The number of nitrogens with zero attached hydrogens (tertiary/aromatic N) is 2. The Morgan fingerprint density at radius 1 is 1.67 bits per heavy atom. The van der Waals surface area contributed by atoms with Crippen LogP contribution in [-0.4, -0.2) is 30.1 Å². The van der Waals surface area contributed by atoms with Crippen molar-refractivity contribution in [2.24, 2.45) is 5.73 Å². The van der Waals surface area contributed by atoms with Crippen LogP contribution in [0.4, 0.5) is 0 Å². The van der Waals surface area contributed by atoms with Crippen molar-refractivity contribution in [2.75, 3.05) is 13.6 Å². The normalized spacial score (nSPS) is 18.4. The lowest BCUT2D eigenvalue weighted by atomic mass is 9.96. The molecule has 0 fully saturated rings. The summed E-state index contributed by atoms with van der Waals surface area (Å²) in [5, 5.41) is 8.70. The zero-order chi connectivity index (χ0) is 9.78. The smallest absolute Gasteiger partial charge is 0.102 e. The highest BCUT2D eigenvalue weighted by Gasteiger charge is 2.22. The third-order valence-electron chi connectivity index (χ3n) is 2.23. The molecule has 0 aliphatic carbocycles. The van der Waals surface area contributed by atoms with Gasteiger partial charge in [-0.25, -0.2) is 0 Å². The van der Waals surface area contributed by atoms with Gasteiger partial charge in [-0.05, 0) is 33.9 Å². The summed E-state index contributed by atoms with van der Waals surface area (Å²) in [6.07, 6.45) is 0.716. The molecular formula is C9H19N3. The quantitative estimate of drug-likeness (QED) is 0.682. The van der Waals surface area contributed by atoms with Crippen molar-refractivity contribution in [1.29, 1.82) is 5.26 Å². The molecular weight excluding hydrogens is 150 g/mol. The fourth-order valence-electron chi connectivity index (χ4n) is 1.13. The lowest BCUT2D eigenvalue weighted by Crippen LogP contribution is -2.42. The van der Waals surface area contributed by atoms with Crippen molar-refractivity contribution in [3.8, 4) is 6.07 Å². The predicted octanol–water partition coefficient (Wildman–Crippen LogP) is 0.958. The zero-order valence-electron chi connectivity index (χ0n) is 8.46. The molecule has 0 bridgehead atoms. The predicted molar refractivity (Wildman–Crippen MR) is 50.6 cm³/mol. The number of nitrogens with two attached hydrogens (primary N) is 1. The molecule has 0 heterocycles. The molecule has 2 unspecified atom stereocenters. The van der Waals surface area contributed by atoms with Gasteiger partial charge in [0, 0.05) is 6.04 Å². The zero-order valence-corrected chi connectivity index (χ0v) is 8.46. The molecule has 70 valence electrons. The molecule has 12 heavy (non-hydrogen) atoms. The summed E-state index contributed by atoms with van der Waals surface area (Å²) in [6.45, 7) is 6.94. The second-order valence-corrected chi connectivity index (χ2v) is 3.66. The lowest BCUT2D eigenvalue weighted by Gasteiger charge is -2.27. The van der Waals surface area contributed by atoms with Crippen LogP contribution in [0.25, 0.3) is 0 Å². The summed E-state index contributed by atoms with van der Waals surface area (Å²) in [5.74, 6) is 0. The first-order chi connectivity index (χ1) is 5.43. The van der Waals surface area contributed by atoms with E-state index in [-0.39, 0.29) is 0 Å². The van der Waals surface area contributed by atoms with E-state index in [0.717, 1.165) is 6.54 Å². The van der Waals surface area contributed by atoms with Crippen LogP contribution in [0, 0.1) is 11.3 Å². The summed E-state index contributed by atoms with van der Waals surface area (Å²) in [6, 6.07) is 2.47. The van der Waals surface area contributed by atoms with Gasteiger partial charge in [0.05, 0.1) is 6.07 Å². The molecule has 0 saturated carbocycles. The Kier molecular flexibility index (Phi) is 4.22. The molecule has 0 aromatic rings. The van der Waals surface area contributed by atoms with Crippen LogP contribution < -0.4 is 5.73 Å². The van der Waals surface area contributed by atoms with E-state index in [2.05, 4.69) is 24.8 Å². The lowest BCUT2D eigenvalue weighted by molar-refractivity contribution is 0.236. The van der Waals surface area contributed by atoms with Gasteiger partial charge < -0.3 is 10.6 Å². The molecule has 0 aromatic heterocycles. The monoisotopic (exact) mass is 169 g/mol. The molecule has 2 N–H and O–H groups in total. The van der Waals surface area contributed by atoms with Crippen LogP contribution in [0.5, 0.6) is 0 Å². The largest absolute Gasteiger partial charge is 0.314 e. The average molecular weight is 169 g/mol. The first-order valence-corrected chi connectivity index (χ1v) is 4.33. The molecule has 0 aromatic carbocycles. The molecule has 0 radical (unpaired) electrons. The fourth-order valence-corrected chi connectivity index (χ4v) is 1.13. The molecule has 0 rings (SSSR count). The minimum Gasteiger partial charge on any atom is -0.314 e. The minimum atomic E-state index is -0.692. The van der Waals surface area contributed by atoms with Gasteiger partial charge in [-0.15, -0.1) is 0 Å². The summed E-state index contributed by atoms with van der Waals surface area (Å²) in [5.41, 5.74) is 5.03. The SMILES string of the molecule is CCN(C)C(C)CC(C)(N)C#N. The Morgan fingerprint density at radius 2 is 2.17 bits per heavy atom. The first-order valence-electron chi connectivity index (χ1n) is 4.33. The van der Waals surface area contributed by atoms with Crippen molar-refractivity contribution in [2.45, 2.75) is 38.8 Å². The Balaban J connectivity index is 4.01. The maximum absolute atomic E-state index is 8.70. The topological polar surface area (TPSA) is 53.0 Å². The average Bonchev–Trinajstić information content (AvgIpc) is 2.02. The molecule has 0 spiro atoms. The van der Waals surface area contributed by atoms with Crippen LogP contribution in [0.1, 0.15) is 27.2 Å². The molecule has 2 atom stereocenters. The van der Waals surface area contributed by atoms with E-state index in [4.69, 9.17) is 11.0 Å². The Labute approximate surface area is 75.2 Å². The van der Waals surface area contributed by atoms with Gasteiger partial charge >= 0.3 is 0 Å². The molecule has 3 nitrogen and oxygen atoms in total. The summed E-state index contributed by atoms with van der Waals surface area (Å²) < 4.78 is 0. The first kappa shape index (κ1) is 11.4. The van der Waals surface area contributed by atoms with Gasteiger partial charge in [0.1, 0.15) is 5.54 Å². The Bertz CT molecular complexity index is 169. The van der Waals surface area contributed by atoms with E-state index in [9.17, 15) is 0 Å². The fraction of sp³-hybridized carbons (Fsp3) is 0.889. The van der Waals surface area contributed by atoms with E-state index in [1.54, 1.807) is 6.92 Å².